The third-order valence-corrected chi connectivity index (χ3v) is 10.8. The fourth-order valence-electron chi connectivity index (χ4n) is 4.33. The number of hydrogen-bond acceptors (Lipinski definition) is 3. The van der Waals surface area contributed by atoms with Crippen molar-refractivity contribution >= 4 is 28.2 Å². The van der Waals surface area contributed by atoms with Crippen molar-refractivity contribution in [2.45, 2.75) is 76.9 Å². The average molecular weight is 404 g/mol. The van der Waals surface area contributed by atoms with Gasteiger partial charge in [0.2, 0.25) is 0 Å². The van der Waals surface area contributed by atoms with Gasteiger partial charge in [-0.2, -0.15) is 0 Å². The van der Waals surface area contributed by atoms with E-state index in [4.69, 9.17) is 4.74 Å². The highest BCUT2D eigenvalue weighted by molar-refractivity contribution is 6.79. The molecule has 0 saturated carbocycles. The van der Waals surface area contributed by atoms with Crippen LogP contribution in [0.1, 0.15) is 30.9 Å². The molecule has 0 N–H and O–H groups in total. The third-order valence-electron chi connectivity index (χ3n) is 5.61. The second-order valence-electron chi connectivity index (χ2n) is 9.80. The maximum atomic E-state index is 11.7. The predicted octanol–water partition coefficient (Wildman–Crippen LogP) is 5.35. The van der Waals surface area contributed by atoms with E-state index in [1.807, 2.05) is 19.1 Å². The Labute approximate surface area is 167 Å². The summed E-state index contributed by atoms with van der Waals surface area (Å²) in [6.07, 6.45) is 6.14. The van der Waals surface area contributed by atoms with Gasteiger partial charge in [0, 0.05) is 24.0 Å². The molecule has 150 valence electrons. The Bertz CT molecular complexity index is 652. The maximum Gasteiger partial charge on any atom is 0.330 e. The molecule has 0 spiro atoms. The van der Waals surface area contributed by atoms with Gasteiger partial charge in [-0.15, -0.1) is 0 Å². The molecule has 1 heterocycles. The van der Waals surface area contributed by atoms with Gasteiger partial charge < -0.3 is 4.74 Å². The maximum absolute atomic E-state index is 11.7. The number of benzene rings is 1. The molecule has 1 saturated heterocycles. The summed E-state index contributed by atoms with van der Waals surface area (Å²) in [5.74, 6) is -0.270. The van der Waals surface area contributed by atoms with Crippen LogP contribution in [0.25, 0.3) is 6.08 Å². The van der Waals surface area contributed by atoms with Crippen LogP contribution >= 0.6 is 0 Å². The highest BCUT2D eigenvalue weighted by Crippen LogP contribution is 2.36. The van der Waals surface area contributed by atoms with Crippen molar-refractivity contribution in [3.8, 4) is 0 Å². The number of carbonyl (C=O) groups excluding carboxylic acids is 1. The van der Waals surface area contributed by atoms with E-state index in [0.29, 0.717) is 6.61 Å². The lowest BCUT2D eigenvalue weighted by molar-refractivity contribution is -0.137. The van der Waals surface area contributed by atoms with Crippen LogP contribution in [0.4, 0.5) is 0 Å². The van der Waals surface area contributed by atoms with Gasteiger partial charge in [-0.05, 0) is 37.0 Å². The van der Waals surface area contributed by atoms with Crippen molar-refractivity contribution in [3.63, 3.8) is 0 Å². The van der Waals surface area contributed by atoms with Gasteiger partial charge in [0.15, 0.2) is 0 Å². The van der Waals surface area contributed by atoms with E-state index in [0.717, 1.165) is 23.4 Å². The van der Waals surface area contributed by atoms with Crippen molar-refractivity contribution in [3.05, 3.63) is 41.5 Å². The first-order valence-electron chi connectivity index (χ1n) is 10.2. The molecule has 0 amide bonds. The lowest BCUT2D eigenvalue weighted by atomic mass is 10.1. The van der Waals surface area contributed by atoms with Gasteiger partial charge >= 0.3 is 5.97 Å². The number of likely N-dealkylation sites (tertiary alicyclic amines) is 1. The number of esters is 1. The van der Waals surface area contributed by atoms with E-state index in [1.165, 1.54) is 18.4 Å². The summed E-state index contributed by atoms with van der Waals surface area (Å²) < 4.78 is 5.04. The SMILES string of the molecule is CCOC(=O)/C=C/c1ccccc1CN1C([Si](C)(C)C)CCC1[Si](C)(C)C. The molecule has 1 aromatic rings. The fourth-order valence-corrected chi connectivity index (χ4v) is 9.08. The summed E-state index contributed by atoms with van der Waals surface area (Å²) in [6, 6.07) is 8.48. The molecule has 2 rings (SSSR count). The number of ether oxygens (including phenoxy) is 1. The molecule has 1 aliphatic rings. The normalized spacial score (nSPS) is 21.7. The highest BCUT2D eigenvalue weighted by Gasteiger charge is 2.45. The number of nitrogens with zero attached hydrogens (tertiary/aromatic N) is 1. The van der Waals surface area contributed by atoms with E-state index < -0.39 is 16.1 Å². The number of hydrogen-bond donors (Lipinski definition) is 0. The van der Waals surface area contributed by atoms with Gasteiger partial charge in [0.25, 0.3) is 0 Å². The van der Waals surface area contributed by atoms with Crippen molar-refractivity contribution in [2.75, 3.05) is 6.61 Å². The van der Waals surface area contributed by atoms with Crippen LogP contribution in [0.3, 0.4) is 0 Å². The summed E-state index contributed by atoms with van der Waals surface area (Å²) in [7, 11) is -2.54. The third kappa shape index (κ3) is 5.90. The summed E-state index contributed by atoms with van der Waals surface area (Å²) >= 11 is 0. The van der Waals surface area contributed by atoms with E-state index in [1.54, 1.807) is 6.08 Å². The Morgan fingerprint density at radius 2 is 1.63 bits per heavy atom. The summed E-state index contributed by atoms with van der Waals surface area (Å²) in [5, 5.41) is 0. The Kier molecular flexibility index (Phi) is 7.28. The summed E-state index contributed by atoms with van der Waals surface area (Å²) in [6.45, 7) is 18.2. The van der Waals surface area contributed by atoms with E-state index >= 15 is 0 Å². The first-order valence-corrected chi connectivity index (χ1v) is 17.4. The van der Waals surface area contributed by atoms with Crippen molar-refractivity contribution < 1.29 is 9.53 Å². The molecule has 0 aliphatic carbocycles. The summed E-state index contributed by atoms with van der Waals surface area (Å²) in [5.41, 5.74) is 3.90. The Morgan fingerprint density at radius 3 is 2.15 bits per heavy atom. The molecular weight excluding hydrogens is 366 g/mol. The van der Waals surface area contributed by atoms with E-state index in [2.05, 4.69) is 62.4 Å². The van der Waals surface area contributed by atoms with E-state index in [9.17, 15) is 4.79 Å². The van der Waals surface area contributed by atoms with Crippen molar-refractivity contribution in [1.82, 2.24) is 4.90 Å². The molecule has 1 fully saturated rings. The molecule has 0 bridgehead atoms. The number of rotatable bonds is 7. The monoisotopic (exact) mass is 403 g/mol. The van der Waals surface area contributed by atoms with Crippen LogP contribution in [0.5, 0.6) is 0 Å². The zero-order chi connectivity index (χ0) is 20.2. The van der Waals surface area contributed by atoms with Gasteiger partial charge in [0.1, 0.15) is 0 Å². The molecule has 5 heteroatoms. The second-order valence-corrected chi connectivity index (χ2v) is 20.6. The lowest BCUT2D eigenvalue weighted by Gasteiger charge is -2.41. The largest absolute Gasteiger partial charge is 0.463 e. The molecule has 2 atom stereocenters. The molecule has 1 aromatic carbocycles. The second kappa shape index (κ2) is 8.88. The smallest absolute Gasteiger partial charge is 0.330 e. The molecule has 27 heavy (non-hydrogen) atoms. The van der Waals surface area contributed by atoms with Gasteiger partial charge in [0.05, 0.1) is 22.8 Å². The minimum absolute atomic E-state index is 0.270. The Hall–Kier alpha value is -1.18. The zero-order valence-corrected chi connectivity index (χ0v) is 20.2. The standard InChI is InChI=1S/C22H37NO2Si2/c1-8-25-22(24)16-13-18-11-9-10-12-19(18)17-23-20(26(2,3)4)14-15-21(23)27(5,6)7/h9-13,16,20-21H,8,14-15,17H2,1-7H3/b16-13+. The molecule has 0 radical (unpaired) electrons. The molecule has 2 unspecified atom stereocenters. The molecule has 0 aromatic heterocycles. The van der Waals surface area contributed by atoms with Gasteiger partial charge in [-0.25, -0.2) is 4.79 Å². The quantitative estimate of drug-likeness (QED) is 0.349. The number of carbonyl (C=O) groups is 1. The Balaban J connectivity index is 2.31. The van der Waals surface area contributed by atoms with Crippen molar-refractivity contribution in [1.29, 1.82) is 0 Å². The first-order chi connectivity index (χ1) is 12.5. The zero-order valence-electron chi connectivity index (χ0n) is 18.2. The highest BCUT2D eigenvalue weighted by atomic mass is 28.3. The molecule has 3 nitrogen and oxygen atoms in total. The van der Waals surface area contributed by atoms with Crippen LogP contribution in [-0.4, -0.2) is 45.0 Å². The van der Waals surface area contributed by atoms with Crippen molar-refractivity contribution in [2.24, 2.45) is 0 Å². The fraction of sp³-hybridized carbons (Fsp3) is 0.591. The van der Waals surface area contributed by atoms with Gasteiger partial charge in [-0.3, -0.25) is 4.90 Å². The van der Waals surface area contributed by atoms with E-state index in [-0.39, 0.29) is 5.97 Å². The predicted molar refractivity (Wildman–Crippen MR) is 121 cm³/mol. The molecular formula is C22H37NO2Si2. The minimum atomic E-state index is -1.27. The Morgan fingerprint density at radius 1 is 1.07 bits per heavy atom. The van der Waals surface area contributed by atoms with Crippen LogP contribution in [-0.2, 0) is 16.1 Å². The van der Waals surface area contributed by atoms with Crippen LogP contribution < -0.4 is 0 Å². The minimum Gasteiger partial charge on any atom is -0.463 e. The molecule has 1 aliphatic heterocycles. The van der Waals surface area contributed by atoms with Crippen LogP contribution in [0.2, 0.25) is 39.3 Å². The average Bonchev–Trinajstić information content (AvgIpc) is 2.98. The summed E-state index contributed by atoms with van der Waals surface area (Å²) in [4.78, 5) is 14.6. The lowest BCUT2D eigenvalue weighted by Crippen LogP contribution is -2.55. The van der Waals surface area contributed by atoms with Crippen LogP contribution in [0.15, 0.2) is 30.3 Å². The topological polar surface area (TPSA) is 29.5 Å². The first kappa shape index (κ1) is 22.1. The van der Waals surface area contributed by atoms with Gasteiger partial charge in [-0.1, -0.05) is 63.5 Å². The van der Waals surface area contributed by atoms with Crippen LogP contribution in [0, 0.1) is 0 Å².